The normalized spacial score (nSPS) is 18.3. The van der Waals surface area contributed by atoms with Crippen molar-refractivity contribution in [3.63, 3.8) is 0 Å². The van der Waals surface area contributed by atoms with E-state index in [0.717, 1.165) is 4.90 Å². The summed E-state index contributed by atoms with van der Waals surface area (Å²) in [5, 5.41) is 9.55. The molecular formula is C16H18F3NO4. The van der Waals surface area contributed by atoms with Gasteiger partial charge in [-0.3, -0.25) is 4.79 Å². The number of benzene rings is 1. The third-order valence-corrected chi connectivity index (χ3v) is 4.01. The van der Waals surface area contributed by atoms with Crippen LogP contribution < -0.4 is 0 Å². The molecule has 5 nitrogen and oxygen atoms in total. The van der Waals surface area contributed by atoms with Gasteiger partial charge in [0.2, 0.25) is 0 Å². The average molecular weight is 345 g/mol. The minimum atomic E-state index is -4.34. The van der Waals surface area contributed by atoms with Gasteiger partial charge in [0.15, 0.2) is 6.61 Å². The maximum absolute atomic E-state index is 12.7. The number of likely N-dealkylation sites (tertiary alicyclic amines) is 1. The number of amides is 1. The van der Waals surface area contributed by atoms with Crippen molar-refractivity contribution in [3.8, 4) is 5.75 Å². The first-order chi connectivity index (χ1) is 11.2. The summed E-state index contributed by atoms with van der Waals surface area (Å²) in [6.07, 6.45) is -4.08. The molecule has 1 atom stereocenters. The van der Waals surface area contributed by atoms with Crippen LogP contribution in [0.25, 0.3) is 0 Å². The molecule has 2 rings (SSSR count). The van der Waals surface area contributed by atoms with E-state index in [0.29, 0.717) is 5.56 Å². The Hall–Kier alpha value is -2.25. The van der Waals surface area contributed by atoms with E-state index in [9.17, 15) is 27.9 Å². The van der Waals surface area contributed by atoms with E-state index in [-0.39, 0.29) is 30.7 Å². The molecule has 1 unspecified atom stereocenters. The molecule has 1 aromatic carbocycles. The number of halogens is 3. The summed E-state index contributed by atoms with van der Waals surface area (Å²) in [6.45, 7) is 0.832. The SMILES string of the molecule is Cc1ccc(C(=O)OCC(=O)N2CCCC(C(F)(F)F)C2)cc1O. The summed E-state index contributed by atoms with van der Waals surface area (Å²) < 4.78 is 43.0. The molecule has 1 saturated heterocycles. The lowest BCUT2D eigenvalue weighted by atomic mass is 9.97. The molecule has 0 spiro atoms. The number of carbonyl (C=O) groups excluding carboxylic acids is 2. The van der Waals surface area contributed by atoms with Crippen molar-refractivity contribution in [2.24, 2.45) is 5.92 Å². The van der Waals surface area contributed by atoms with Gasteiger partial charge in [0, 0.05) is 13.1 Å². The van der Waals surface area contributed by atoms with Crippen molar-refractivity contribution in [3.05, 3.63) is 29.3 Å². The lowest BCUT2D eigenvalue weighted by molar-refractivity contribution is -0.188. The largest absolute Gasteiger partial charge is 0.508 e. The van der Waals surface area contributed by atoms with Crippen LogP contribution in [0, 0.1) is 12.8 Å². The summed E-state index contributed by atoms with van der Waals surface area (Å²) in [7, 11) is 0. The Morgan fingerprint density at radius 3 is 2.71 bits per heavy atom. The number of phenolic OH excluding ortho intramolecular Hbond substituents is 1. The second-order valence-corrected chi connectivity index (χ2v) is 5.80. The third-order valence-electron chi connectivity index (χ3n) is 4.01. The molecule has 132 valence electrons. The van der Waals surface area contributed by atoms with Gasteiger partial charge >= 0.3 is 12.1 Å². The first-order valence-corrected chi connectivity index (χ1v) is 7.49. The van der Waals surface area contributed by atoms with Crippen molar-refractivity contribution in [2.45, 2.75) is 25.9 Å². The quantitative estimate of drug-likeness (QED) is 0.856. The van der Waals surface area contributed by atoms with Gasteiger partial charge in [0.25, 0.3) is 5.91 Å². The standard InChI is InChI=1S/C16H18F3NO4/c1-10-4-5-11(7-13(10)21)15(23)24-9-14(22)20-6-2-3-12(8-20)16(17,18)19/h4-5,7,12,21H,2-3,6,8-9H2,1H3. The second kappa shape index (κ2) is 7.11. The van der Waals surface area contributed by atoms with Crippen LogP contribution in [-0.2, 0) is 9.53 Å². The van der Waals surface area contributed by atoms with Gasteiger partial charge in [0.05, 0.1) is 11.5 Å². The monoisotopic (exact) mass is 345 g/mol. The highest BCUT2D eigenvalue weighted by atomic mass is 19.4. The Morgan fingerprint density at radius 1 is 1.38 bits per heavy atom. The van der Waals surface area contributed by atoms with Crippen LogP contribution in [0.5, 0.6) is 5.75 Å². The van der Waals surface area contributed by atoms with E-state index in [1.807, 2.05) is 0 Å². The number of esters is 1. The molecule has 1 heterocycles. The molecule has 1 aliphatic rings. The molecule has 8 heteroatoms. The number of ether oxygens (including phenoxy) is 1. The number of aromatic hydroxyl groups is 1. The molecule has 24 heavy (non-hydrogen) atoms. The zero-order valence-corrected chi connectivity index (χ0v) is 13.1. The van der Waals surface area contributed by atoms with Gasteiger partial charge in [0.1, 0.15) is 5.75 Å². The molecule has 1 aliphatic heterocycles. The van der Waals surface area contributed by atoms with Gasteiger partial charge < -0.3 is 14.7 Å². The second-order valence-electron chi connectivity index (χ2n) is 5.80. The Kier molecular flexibility index (Phi) is 5.36. The molecule has 0 aliphatic carbocycles. The Bertz CT molecular complexity index is 630. The summed E-state index contributed by atoms with van der Waals surface area (Å²) in [6, 6.07) is 4.16. The first-order valence-electron chi connectivity index (χ1n) is 7.49. The number of rotatable bonds is 3. The molecular weight excluding hydrogens is 327 g/mol. The first kappa shape index (κ1) is 18.1. The zero-order chi connectivity index (χ0) is 17.9. The van der Waals surface area contributed by atoms with E-state index < -0.39 is 37.1 Å². The Morgan fingerprint density at radius 2 is 2.08 bits per heavy atom. The third kappa shape index (κ3) is 4.39. The van der Waals surface area contributed by atoms with Crippen molar-refractivity contribution < 1.29 is 32.6 Å². The van der Waals surface area contributed by atoms with Gasteiger partial charge in [-0.1, -0.05) is 6.07 Å². The minimum absolute atomic E-state index is 0.00425. The number of hydrogen-bond acceptors (Lipinski definition) is 4. The summed E-state index contributed by atoms with van der Waals surface area (Å²) >= 11 is 0. The number of alkyl halides is 3. The zero-order valence-electron chi connectivity index (χ0n) is 13.1. The van der Waals surface area contributed by atoms with Crippen LogP contribution in [0.2, 0.25) is 0 Å². The van der Waals surface area contributed by atoms with E-state index in [1.165, 1.54) is 18.2 Å². The van der Waals surface area contributed by atoms with Crippen LogP contribution in [-0.4, -0.2) is 47.8 Å². The van der Waals surface area contributed by atoms with E-state index in [1.54, 1.807) is 6.92 Å². The molecule has 0 radical (unpaired) electrons. The summed E-state index contributed by atoms with van der Waals surface area (Å²) in [4.78, 5) is 24.9. The summed E-state index contributed by atoms with van der Waals surface area (Å²) in [5.41, 5.74) is 0.645. The number of hydrogen-bond donors (Lipinski definition) is 1. The fraction of sp³-hybridized carbons (Fsp3) is 0.500. The molecule has 0 aromatic heterocycles. The van der Waals surface area contributed by atoms with Gasteiger partial charge in [-0.25, -0.2) is 4.79 Å². The van der Waals surface area contributed by atoms with Crippen LogP contribution in [0.1, 0.15) is 28.8 Å². The van der Waals surface area contributed by atoms with Crippen LogP contribution in [0.4, 0.5) is 13.2 Å². The molecule has 0 bridgehead atoms. The van der Waals surface area contributed by atoms with E-state index in [4.69, 9.17) is 4.74 Å². The average Bonchev–Trinajstić information content (AvgIpc) is 2.54. The Labute approximate surface area is 137 Å². The lowest BCUT2D eigenvalue weighted by Crippen LogP contribution is -2.46. The topological polar surface area (TPSA) is 66.8 Å². The minimum Gasteiger partial charge on any atom is -0.508 e. The smallest absolute Gasteiger partial charge is 0.393 e. The number of carbonyl (C=O) groups is 2. The lowest BCUT2D eigenvalue weighted by Gasteiger charge is -2.33. The fourth-order valence-corrected chi connectivity index (χ4v) is 2.51. The van der Waals surface area contributed by atoms with Gasteiger partial charge in [-0.05, 0) is 37.5 Å². The maximum Gasteiger partial charge on any atom is 0.393 e. The number of aryl methyl sites for hydroxylation is 1. The summed E-state index contributed by atoms with van der Waals surface area (Å²) in [5.74, 6) is -3.10. The predicted octanol–water partition coefficient (Wildman–Crippen LogP) is 2.66. The molecule has 1 amide bonds. The van der Waals surface area contributed by atoms with Gasteiger partial charge in [-0.2, -0.15) is 13.2 Å². The van der Waals surface area contributed by atoms with Crippen molar-refractivity contribution in [1.29, 1.82) is 0 Å². The molecule has 1 N–H and O–H groups in total. The maximum atomic E-state index is 12.7. The van der Waals surface area contributed by atoms with E-state index >= 15 is 0 Å². The van der Waals surface area contributed by atoms with Crippen LogP contribution in [0.3, 0.4) is 0 Å². The highest BCUT2D eigenvalue weighted by Gasteiger charge is 2.42. The highest BCUT2D eigenvalue weighted by Crippen LogP contribution is 2.33. The Balaban J connectivity index is 1.90. The van der Waals surface area contributed by atoms with Crippen molar-refractivity contribution in [2.75, 3.05) is 19.7 Å². The highest BCUT2D eigenvalue weighted by molar-refractivity contribution is 5.91. The van der Waals surface area contributed by atoms with Crippen molar-refractivity contribution >= 4 is 11.9 Å². The van der Waals surface area contributed by atoms with Gasteiger partial charge in [-0.15, -0.1) is 0 Å². The molecule has 1 fully saturated rings. The van der Waals surface area contributed by atoms with Crippen LogP contribution >= 0.6 is 0 Å². The van der Waals surface area contributed by atoms with Crippen molar-refractivity contribution in [1.82, 2.24) is 4.90 Å². The number of nitrogens with zero attached hydrogens (tertiary/aromatic N) is 1. The molecule has 0 saturated carbocycles. The molecule has 1 aromatic rings. The number of piperidine rings is 1. The van der Waals surface area contributed by atoms with E-state index in [2.05, 4.69) is 0 Å². The fourth-order valence-electron chi connectivity index (χ4n) is 2.51. The van der Waals surface area contributed by atoms with Crippen LogP contribution in [0.15, 0.2) is 18.2 Å². The number of phenols is 1. The predicted molar refractivity (Wildman–Crippen MR) is 78.5 cm³/mol.